The second-order valence-electron chi connectivity index (χ2n) is 5.07. The van der Waals surface area contributed by atoms with Gasteiger partial charge in [0.1, 0.15) is 6.54 Å². The summed E-state index contributed by atoms with van der Waals surface area (Å²) in [7, 11) is 0. The van der Waals surface area contributed by atoms with Gasteiger partial charge in [-0.05, 0) is 24.3 Å². The second kappa shape index (κ2) is 4.44. The normalized spacial score (nSPS) is 19.8. The van der Waals surface area contributed by atoms with Crippen molar-refractivity contribution in [2.75, 3.05) is 13.1 Å². The lowest BCUT2D eigenvalue weighted by molar-refractivity contribution is -0.125. The molecule has 3 amide bonds. The molecular formula is C14H16N2O2. The van der Waals surface area contributed by atoms with Crippen molar-refractivity contribution < 1.29 is 9.59 Å². The molecule has 4 heteroatoms. The average molecular weight is 244 g/mol. The molecule has 0 spiro atoms. The summed E-state index contributed by atoms with van der Waals surface area (Å²) in [5.74, 6) is 0.544. The van der Waals surface area contributed by atoms with Crippen molar-refractivity contribution in [2.45, 2.75) is 19.4 Å². The van der Waals surface area contributed by atoms with E-state index in [2.05, 4.69) is 0 Å². The Hall–Kier alpha value is -1.84. The minimum Gasteiger partial charge on any atom is -0.315 e. The maximum Gasteiger partial charge on any atom is 0.327 e. The first-order valence-electron chi connectivity index (χ1n) is 6.37. The molecule has 0 radical (unpaired) electrons. The molecule has 3 rings (SSSR count). The fourth-order valence-electron chi connectivity index (χ4n) is 2.27. The molecule has 1 saturated heterocycles. The van der Waals surface area contributed by atoms with E-state index in [1.807, 2.05) is 30.3 Å². The zero-order valence-electron chi connectivity index (χ0n) is 10.2. The van der Waals surface area contributed by atoms with Crippen molar-refractivity contribution in [1.29, 1.82) is 0 Å². The summed E-state index contributed by atoms with van der Waals surface area (Å²) in [6.07, 6.45) is 2.38. The Labute approximate surface area is 106 Å². The monoisotopic (exact) mass is 244 g/mol. The molecule has 1 heterocycles. The fourth-order valence-corrected chi connectivity index (χ4v) is 2.27. The van der Waals surface area contributed by atoms with Gasteiger partial charge in [-0.15, -0.1) is 0 Å². The van der Waals surface area contributed by atoms with E-state index in [-0.39, 0.29) is 18.5 Å². The average Bonchev–Trinajstić information content (AvgIpc) is 3.15. The molecule has 4 nitrogen and oxygen atoms in total. The molecule has 1 aromatic rings. The Kier molecular flexibility index (Phi) is 2.78. The Morgan fingerprint density at radius 2 is 1.83 bits per heavy atom. The van der Waals surface area contributed by atoms with Crippen LogP contribution >= 0.6 is 0 Å². The van der Waals surface area contributed by atoms with Gasteiger partial charge in [0.05, 0.1) is 6.54 Å². The number of amides is 3. The van der Waals surface area contributed by atoms with Gasteiger partial charge in [-0.1, -0.05) is 30.3 Å². The summed E-state index contributed by atoms with van der Waals surface area (Å²) in [4.78, 5) is 27.0. The third kappa shape index (κ3) is 2.23. The Morgan fingerprint density at radius 1 is 1.11 bits per heavy atom. The minimum atomic E-state index is -0.129. The van der Waals surface area contributed by atoms with Crippen molar-refractivity contribution in [3.8, 4) is 0 Å². The first-order chi connectivity index (χ1) is 8.74. The molecule has 0 bridgehead atoms. The number of hydrogen-bond acceptors (Lipinski definition) is 2. The van der Waals surface area contributed by atoms with Crippen LogP contribution in [0.4, 0.5) is 4.79 Å². The van der Waals surface area contributed by atoms with Crippen molar-refractivity contribution in [3.05, 3.63) is 35.9 Å². The van der Waals surface area contributed by atoms with Gasteiger partial charge in [-0.3, -0.25) is 9.69 Å². The first-order valence-corrected chi connectivity index (χ1v) is 6.37. The lowest BCUT2D eigenvalue weighted by Gasteiger charge is -2.16. The summed E-state index contributed by atoms with van der Waals surface area (Å²) in [5, 5.41) is 0. The highest BCUT2D eigenvalue weighted by Crippen LogP contribution is 2.31. The second-order valence-corrected chi connectivity index (χ2v) is 5.07. The third-order valence-electron chi connectivity index (χ3n) is 3.49. The Balaban J connectivity index is 1.68. The van der Waals surface area contributed by atoms with Crippen LogP contribution in [0.2, 0.25) is 0 Å². The summed E-state index contributed by atoms with van der Waals surface area (Å²) >= 11 is 0. The van der Waals surface area contributed by atoms with Crippen molar-refractivity contribution in [1.82, 2.24) is 9.80 Å². The Bertz CT molecular complexity index is 468. The van der Waals surface area contributed by atoms with E-state index in [0.29, 0.717) is 12.5 Å². The summed E-state index contributed by atoms with van der Waals surface area (Å²) in [5.41, 5.74) is 0.993. The van der Waals surface area contributed by atoms with Crippen molar-refractivity contribution in [3.63, 3.8) is 0 Å². The number of urea groups is 1. The zero-order valence-corrected chi connectivity index (χ0v) is 10.2. The van der Waals surface area contributed by atoms with E-state index in [1.165, 1.54) is 17.7 Å². The van der Waals surface area contributed by atoms with Crippen LogP contribution in [0.3, 0.4) is 0 Å². The van der Waals surface area contributed by atoms with Crippen LogP contribution < -0.4 is 0 Å². The highest BCUT2D eigenvalue weighted by atomic mass is 16.2. The molecule has 94 valence electrons. The van der Waals surface area contributed by atoms with E-state index in [1.54, 1.807) is 4.90 Å². The van der Waals surface area contributed by atoms with E-state index >= 15 is 0 Å². The number of carbonyl (C=O) groups is 2. The van der Waals surface area contributed by atoms with Crippen LogP contribution in [0.1, 0.15) is 18.4 Å². The zero-order chi connectivity index (χ0) is 12.5. The lowest BCUT2D eigenvalue weighted by Crippen LogP contribution is -2.33. The molecule has 0 unspecified atom stereocenters. The number of hydrogen-bond donors (Lipinski definition) is 0. The van der Waals surface area contributed by atoms with Gasteiger partial charge in [0.15, 0.2) is 0 Å². The molecule has 2 aliphatic rings. The highest BCUT2D eigenvalue weighted by Gasteiger charge is 2.38. The predicted octanol–water partition coefficient (Wildman–Crippen LogP) is 1.86. The largest absolute Gasteiger partial charge is 0.327 e. The van der Waals surface area contributed by atoms with Gasteiger partial charge >= 0.3 is 6.03 Å². The number of benzene rings is 1. The fraction of sp³-hybridized carbons (Fsp3) is 0.429. The van der Waals surface area contributed by atoms with Gasteiger partial charge in [0.2, 0.25) is 0 Å². The molecule has 1 aromatic carbocycles. The van der Waals surface area contributed by atoms with E-state index in [0.717, 1.165) is 12.1 Å². The molecule has 1 aliphatic carbocycles. The number of imide groups is 1. The molecule has 1 saturated carbocycles. The maximum absolute atomic E-state index is 12.1. The topological polar surface area (TPSA) is 40.6 Å². The summed E-state index contributed by atoms with van der Waals surface area (Å²) < 4.78 is 0. The van der Waals surface area contributed by atoms with Crippen LogP contribution in [0, 0.1) is 5.92 Å². The van der Waals surface area contributed by atoms with Crippen molar-refractivity contribution >= 4 is 11.9 Å². The van der Waals surface area contributed by atoms with Gasteiger partial charge in [0, 0.05) is 6.54 Å². The van der Waals surface area contributed by atoms with E-state index in [9.17, 15) is 9.59 Å². The maximum atomic E-state index is 12.1. The number of carbonyl (C=O) groups excluding carboxylic acids is 2. The van der Waals surface area contributed by atoms with Crippen LogP contribution in [0.15, 0.2) is 30.3 Å². The van der Waals surface area contributed by atoms with Gasteiger partial charge in [-0.2, -0.15) is 0 Å². The SMILES string of the molecule is O=C1CN(CC2CC2)C(=O)N1Cc1ccccc1. The van der Waals surface area contributed by atoms with Crippen LogP contribution in [0.25, 0.3) is 0 Å². The molecule has 0 N–H and O–H groups in total. The van der Waals surface area contributed by atoms with Gasteiger partial charge < -0.3 is 4.90 Å². The number of nitrogens with zero attached hydrogens (tertiary/aromatic N) is 2. The smallest absolute Gasteiger partial charge is 0.315 e. The molecule has 1 aliphatic heterocycles. The highest BCUT2D eigenvalue weighted by molar-refractivity contribution is 6.01. The van der Waals surface area contributed by atoms with Gasteiger partial charge in [-0.25, -0.2) is 4.79 Å². The minimum absolute atomic E-state index is 0.0792. The first kappa shape index (κ1) is 11.3. The summed E-state index contributed by atoms with van der Waals surface area (Å²) in [6.45, 7) is 1.39. The van der Waals surface area contributed by atoms with Gasteiger partial charge in [0.25, 0.3) is 5.91 Å². The molecule has 0 aromatic heterocycles. The predicted molar refractivity (Wildman–Crippen MR) is 66.7 cm³/mol. The summed E-state index contributed by atoms with van der Waals surface area (Å²) in [6, 6.07) is 9.51. The Morgan fingerprint density at radius 3 is 2.50 bits per heavy atom. The van der Waals surface area contributed by atoms with Crippen LogP contribution in [0.5, 0.6) is 0 Å². The quantitative estimate of drug-likeness (QED) is 0.758. The molecular weight excluding hydrogens is 228 g/mol. The molecule has 0 atom stereocenters. The molecule has 2 fully saturated rings. The third-order valence-corrected chi connectivity index (χ3v) is 3.49. The van der Waals surface area contributed by atoms with E-state index < -0.39 is 0 Å². The van der Waals surface area contributed by atoms with Crippen LogP contribution in [-0.4, -0.2) is 34.8 Å². The number of rotatable bonds is 4. The standard InChI is InChI=1S/C14H16N2O2/c17-13-10-15(8-12-6-7-12)14(18)16(13)9-11-4-2-1-3-5-11/h1-5,12H,6-10H2. The lowest BCUT2D eigenvalue weighted by atomic mass is 10.2. The van der Waals surface area contributed by atoms with Crippen LogP contribution in [-0.2, 0) is 11.3 Å². The molecule has 18 heavy (non-hydrogen) atoms. The van der Waals surface area contributed by atoms with Crippen molar-refractivity contribution in [2.24, 2.45) is 5.92 Å². The van der Waals surface area contributed by atoms with E-state index in [4.69, 9.17) is 0 Å².